The van der Waals surface area contributed by atoms with E-state index in [0.29, 0.717) is 9.11 Å². The second kappa shape index (κ2) is 4.88. The van der Waals surface area contributed by atoms with Crippen molar-refractivity contribution in [2.24, 2.45) is 0 Å². The molecule has 0 atom stereocenters. The maximum absolute atomic E-state index is 12.4. The molecule has 106 valence electrons. The van der Waals surface area contributed by atoms with Crippen molar-refractivity contribution in [3.05, 3.63) is 50.8 Å². The molecule has 7 nitrogen and oxygen atoms in total. The van der Waals surface area contributed by atoms with Crippen LogP contribution >= 0.6 is 11.6 Å². The summed E-state index contributed by atoms with van der Waals surface area (Å²) >= 11 is 5.70. The van der Waals surface area contributed by atoms with Gasteiger partial charge in [0.25, 0.3) is 10.0 Å². The van der Waals surface area contributed by atoms with Crippen molar-refractivity contribution >= 4 is 27.3 Å². The molecule has 0 amide bonds. The average Bonchev–Trinajstić information content (AvgIpc) is 2.66. The number of aryl methyl sites for hydroxylation is 1. The van der Waals surface area contributed by atoms with E-state index in [1.165, 1.54) is 38.1 Å². The minimum atomic E-state index is -3.98. The Morgan fingerprint density at radius 2 is 1.80 bits per heavy atom. The smallest absolute Gasteiger partial charge is 0.258 e. The van der Waals surface area contributed by atoms with Crippen LogP contribution in [0.15, 0.2) is 29.2 Å². The van der Waals surface area contributed by atoms with Crippen molar-refractivity contribution in [3.8, 4) is 0 Å². The summed E-state index contributed by atoms with van der Waals surface area (Å²) in [6, 6.07) is 5.49. The Morgan fingerprint density at radius 3 is 2.25 bits per heavy atom. The van der Waals surface area contributed by atoms with Gasteiger partial charge >= 0.3 is 5.69 Å². The van der Waals surface area contributed by atoms with Crippen LogP contribution in [0.25, 0.3) is 0 Å². The first kappa shape index (κ1) is 14.5. The number of benzene rings is 1. The van der Waals surface area contributed by atoms with E-state index in [2.05, 4.69) is 5.10 Å². The highest BCUT2D eigenvalue weighted by Gasteiger charge is 2.29. The number of nitro groups is 1. The first-order valence-electron chi connectivity index (χ1n) is 5.47. The predicted molar refractivity (Wildman–Crippen MR) is 72.4 cm³/mol. The van der Waals surface area contributed by atoms with Crippen molar-refractivity contribution in [1.82, 2.24) is 9.19 Å². The first-order valence-corrected chi connectivity index (χ1v) is 7.28. The van der Waals surface area contributed by atoms with Gasteiger partial charge in [0, 0.05) is 5.02 Å². The molecule has 0 saturated heterocycles. The molecule has 2 rings (SSSR count). The summed E-state index contributed by atoms with van der Waals surface area (Å²) in [7, 11) is -3.98. The van der Waals surface area contributed by atoms with Gasteiger partial charge in [-0.15, -0.1) is 0 Å². The van der Waals surface area contributed by atoms with Gasteiger partial charge in [0.15, 0.2) is 0 Å². The van der Waals surface area contributed by atoms with E-state index < -0.39 is 14.9 Å². The lowest BCUT2D eigenvalue weighted by molar-refractivity contribution is -0.386. The standard InChI is InChI=1S/C11H10ClN3O4S/c1-7-11(15(16)17)8(2)14(13-7)20(18,19)10-5-3-9(12)4-6-10/h3-6H,1-2H3. The molecule has 0 bridgehead atoms. The fraction of sp³-hybridized carbons (Fsp3) is 0.182. The van der Waals surface area contributed by atoms with E-state index in [1.54, 1.807) is 0 Å². The normalized spacial score (nSPS) is 11.6. The van der Waals surface area contributed by atoms with Crippen LogP contribution in [0.5, 0.6) is 0 Å². The zero-order valence-corrected chi connectivity index (χ0v) is 12.1. The summed E-state index contributed by atoms with van der Waals surface area (Å²) in [5, 5.41) is 15.1. The zero-order chi connectivity index (χ0) is 15.1. The van der Waals surface area contributed by atoms with Crippen LogP contribution in [0.1, 0.15) is 11.4 Å². The zero-order valence-electron chi connectivity index (χ0n) is 10.6. The highest BCUT2D eigenvalue weighted by Crippen LogP contribution is 2.26. The van der Waals surface area contributed by atoms with Crippen molar-refractivity contribution in [2.45, 2.75) is 18.7 Å². The molecule has 0 unspecified atom stereocenters. The van der Waals surface area contributed by atoms with Gasteiger partial charge in [0.05, 0.1) is 9.82 Å². The number of hydrogen-bond donors (Lipinski definition) is 0. The van der Waals surface area contributed by atoms with Gasteiger partial charge in [0.2, 0.25) is 0 Å². The Kier molecular flexibility index (Phi) is 3.53. The summed E-state index contributed by atoms with van der Waals surface area (Å²) in [4.78, 5) is 10.2. The van der Waals surface area contributed by atoms with Crippen molar-refractivity contribution in [2.75, 3.05) is 0 Å². The van der Waals surface area contributed by atoms with Crippen molar-refractivity contribution in [1.29, 1.82) is 0 Å². The largest absolute Gasteiger partial charge is 0.314 e. The summed E-state index contributed by atoms with van der Waals surface area (Å²) < 4.78 is 25.4. The molecule has 1 aromatic carbocycles. The molecule has 0 saturated carbocycles. The molecule has 0 fully saturated rings. The van der Waals surface area contributed by atoms with Crippen molar-refractivity contribution in [3.63, 3.8) is 0 Å². The highest BCUT2D eigenvalue weighted by molar-refractivity contribution is 7.89. The monoisotopic (exact) mass is 315 g/mol. The van der Waals surface area contributed by atoms with E-state index in [0.717, 1.165) is 0 Å². The summed E-state index contributed by atoms with van der Waals surface area (Å²) in [5.41, 5.74) is -0.296. The van der Waals surface area contributed by atoms with Crippen LogP contribution in [-0.4, -0.2) is 22.5 Å². The van der Waals surface area contributed by atoms with E-state index in [9.17, 15) is 18.5 Å². The van der Waals surface area contributed by atoms with Crippen LogP contribution in [0.2, 0.25) is 5.02 Å². The maximum Gasteiger partial charge on any atom is 0.314 e. The molecule has 20 heavy (non-hydrogen) atoms. The molecule has 1 aromatic heterocycles. The van der Waals surface area contributed by atoms with Gasteiger partial charge in [-0.3, -0.25) is 10.1 Å². The van der Waals surface area contributed by atoms with Gasteiger partial charge in [-0.25, -0.2) is 0 Å². The van der Waals surface area contributed by atoms with Crippen LogP contribution in [0.4, 0.5) is 5.69 Å². The third-order valence-electron chi connectivity index (χ3n) is 2.73. The third kappa shape index (κ3) is 2.27. The molecule has 9 heteroatoms. The fourth-order valence-corrected chi connectivity index (χ4v) is 3.30. The number of nitrogens with zero attached hydrogens (tertiary/aromatic N) is 3. The van der Waals surface area contributed by atoms with Crippen LogP contribution in [-0.2, 0) is 10.0 Å². The molecular weight excluding hydrogens is 306 g/mol. The van der Waals surface area contributed by atoms with E-state index >= 15 is 0 Å². The number of hydrogen-bond acceptors (Lipinski definition) is 5. The topological polar surface area (TPSA) is 95.1 Å². The SMILES string of the molecule is Cc1nn(S(=O)(=O)c2ccc(Cl)cc2)c(C)c1[N+](=O)[O-]. The van der Waals surface area contributed by atoms with Crippen LogP contribution < -0.4 is 0 Å². The van der Waals surface area contributed by atoms with E-state index in [-0.39, 0.29) is 22.0 Å². The molecule has 0 aliphatic carbocycles. The minimum absolute atomic E-state index is 0.0394. The van der Waals surface area contributed by atoms with Gasteiger partial charge in [-0.05, 0) is 38.1 Å². The van der Waals surface area contributed by atoms with Crippen LogP contribution in [0.3, 0.4) is 0 Å². The van der Waals surface area contributed by atoms with E-state index in [1.807, 2.05) is 0 Å². The van der Waals surface area contributed by atoms with Gasteiger partial charge in [-0.2, -0.15) is 17.6 Å². The second-order valence-electron chi connectivity index (χ2n) is 4.08. The number of rotatable bonds is 3. The quantitative estimate of drug-likeness (QED) is 0.639. The lowest BCUT2D eigenvalue weighted by atomic mass is 10.3. The van der Waals surface area contributed by atoms with Gasteiger partial charge in [-0.1, -0.05) is 11.6 Å². The molecule has 0 N–H and O–H groups in total. The summed E-state index contributed by atoms with van der Waals surface area (Å²) in [5.74, 6) is 0. The Balaban J connectivity index is 2.64. The van der Waals surface area contributed by atoms with Gasteiger partial charge < -0.3 is 0 Å². The van der Waals surface area contributed by atoms with Crippen LogP contribution in [0, 0.1) is 24.0 Å². The van der Waals surface area contributed by atoms with Crippen molar-refractivity contribution < 1.29 is 13.3 Å². The molecule has 0 aliphatic heterocycles. The molecule has 0 aliphatic rings. The Bertz CT molecular complexity index is 781. The van der Waals surface area contributed by atoms with E-state index in [4.69, 9.17) is 11.6 Å². The highest BCUT2D eigenvalue weighted by atomic mass is 35.5. The molecular formula is C11H10ClN3O4S. The lowest BCUT2D eigenvalue weighted by Gasteiger charge is -2.05. The maximum atomic E-state index is 12.4. The molecule has 2 aromatic rings. The Morgan fingerprint density at radius 1 is 1.25 bits per heavy atom. The Labute approximate surface area is 120 Å². The minimum Gasteiger partial charge on any atom is -0.258 e. The average molecular weight is 316 g/mol. The number of halogens is 1. The number of aromatic nitrogens is 2. The molecule has 0 spiro atoms. The second-order valence-corrected chi connectivity index (χ2v) is 6.28. The third-order valence-corrected chi connectivity index (χ3v) is 4.67. The predicted octanol–water partition coefficient (Wildman–Crippen LogP) is 2.30. The molecule has 1 heterocycles. The lowest BCUT2D eigenvalue weighted by Crippen LogP contribution is -2.16. The first-order chi connectivity index (χ1) is 9.25. The summed E-state index contributed by atoms with van der Waals surface area (Å²) in [6.45, 7) is 2.73. The Hall–Kier alpha value is -1.93. The van der Waals surface area contributed by atoms with Gasteiger partial charge in [0.1, 0.15) is 11.4 Å². The molecule has 0 radical (unpaired) electrons. The summed E-state index contributed by atoms with van der Waals surface area (Å²) in [6.07, 6.45) is 0. The fourth-order valence-electron chi connectivity index (χ4n) is 1.82.